The van der Waals surface area contributed by atoms with Gasteiger partial charge in [-0.15, -0.1) is 0 Å². The second kappa shape index (κ2) is 3.42. The minimum absolute atomic E-state index is 0.672. The molecule has 0 radical (unpaired) electrons. The Kier molecular flexibility index (Phi) is 2.27. The molecular formula is C10H15N3. The number of likely N-dealkylation sites (tertiary alicyclic amines) is 1. The average Bonchev–Trinajstić information content (AvgIpc) is 2.02. The summed E-state index contributed by atoms with van der Waals surface area (Å²) < 4.78 is 0. The van der Waals surface area contributed by atoms with Crippen LogP contribution in [0.2, 0.25) is 0 Å². The van der Waals surface area contributed by atoms with Crippen molar-refractivity contribution in [2.75, 3.05) is 13.1 Å². The van der Waals surface area contributed by atoms with Crippen LogP contribution >= 0.6 is 0 Å². The molecular weight excluding hydrogens is 162 g/mol. The Morgan fingerprint density at radius 3 is 2.69 bits per heavy atom. The van der Waals surface area contributed by atoms with Gasteiger partial charge in [-0.1, -0.05) is 0 Å². The van der Waals surface area contributed by atoms with Crippen LogP contribution in [0, 0.1) is 0 Å². The van der Waals surface area contributed by atoms with Gasteiger partial charge < -0.3 is 0 Å². The lowest BCUT2D eigenvalue weighted by Crippen LogP contribution is -2.48. The maximum atomic E-state index is 3.89. The molecule has 3 heteroatoms. The van der Waals surface area contributed by atoms with Gasteiger partial charge in [-0.2, -0.15) is 10.2 Å². The molecule has 0 aromatic carbocycles. The summed E-state index contributed by atoms with van der Waals surface area (Å²) in [5.74, 6) is 0.679. The van der Waals surface area contributed by atoms with E-state index in [2.05, 4.69) is 35.0 Å². The lowest BCUT2D eigenvalue weighted by molar-refractivity contribution is 0.109. The molecule has 0 spiro atoms. The normalized spacial score (nSPS) is 19.0. The van der Waals surface area contributed by atoms with Gasteiger partial charge in [0, 0.05) is 31.2 Å². The zero-order valence-electron chi connectivity index (χ0n) is 8.14. The van der Waals surface area contributed by atoms with Crippen LogP contribution in [0.1, 0.15) is 25.3 Å². The molecule has 0 aliphatic carbocycles. The predicted molar refractivity (Wildman–Crippen MR) is 51.5 cm³/mol. The average molecular weight is 177 g/mol. The summed E-state index contributed by atoms with van der Waals surface area (Å²) in [5, 5.41) is 7.67. The molecule has 0 bridgehead atoms. The third-order valence-corrected chi connectivity index (χ3v) is 2.72. The molecule has 2 heterocycles. The van der Waals surface area contributed by atoms with E-state index in [1.54, 1.807) is 6.20 Å². The lowest BCUT2D eigenvalue weighted by Gasteiger charge is -2.42. The Morgan fingerprint density at radius 2 is 2.15 bits per heavy atom. The van der Waals surface area contributed by atoms with Crippen LogP contribution in [0.15, 0.2) is 18.5 Å². The van der Waals surface area contributed by atoms with Gasteiger partial charge in [0.15, 0.2) is 0 Å². The van der Waals surface area contributed by atoms with Crippen LogP contribution in [-0.4, -0.2) is 34.2 Å². The first-order valence-electron chi connectivity index (χ1n) is 4.78. The summed E-state index contributed by atoms with van der Waals surface area (Å²) in [5.41, 5.74) is 1.33. The van der Waals surface area contributed by atoms with Crippen molar-refractivity contribution in [2.45, 2.75) is 25.8 Å². The highest BCUT2D eigenvalue weighted by Crippen LogP contribution is 2.27. The molecule has 0 saturated carbocycles. The molecule has 0 atom stereocenters. The second-order valence-electron chi connectivity index (χ2n) is 3.92. The quantitative estimate of drug-likeness (QED) is 0.681. The first-order chi connectivity index (χ1) is 6.27. The van der Waals surface area contributed by atoms with Gasteiger partial charge in [0.1, 0.15) is 0 Å². The molecule has 0 unspecified atom stereocenters. The monoisotopic (exact) mass is 177 g/mol. The lowest BCUT2D eigenvalue weighted by atomic mass is 9.92. The van der Waals surface area contributed by atoms with E-state index in [0.29, 0.717) is 12.0 Å². The topological polar surface area (TPSA) is 29.0 Å². The SMILES string of the molecule is CC(C)N1CC(c2ccnnc2)C1. The summed E-state index contributed by atoms with van der Waals surface area (Å²) in [4.78, 5) is 2.46. The molecule has 2 rings (SSSR count). The van der Waals surface area contributed by atoms with Crippen LogP contribution in [0.5, 0.6) is 0 Å². The zero-order valence-corrected chi connectivity index (χ0v) is 8.14. The molecule has 1 aromatic rings. The van der Waals surface area contributed by atoms with Gasteiger partial charge in [0.25, 0.3) is 0 Å². The molecule has 1 aromatic heterocycles. The van der Waals surface area contributed by atoms with Crippen LogP contribution in [0.4, 0.5) is 0 Å². The molecule has 3 nitrogen and oxygen atoms in total. The fourth-order valence-electron chi connectivity index (χ4n) is 1.69. The standard InChI is InChI=1S/C10H15N3/c1-8(2)13-6-10(7-13)9-3-4-11-12-5-9/h3-5,8,10H,6-7H2,1-2H3. The minimum atomic E-state index is 0.672. The van der Waals surface area contributed by atoms with Crippen molar-refractivity contribution in [2.24, 2.45) is 0 Å². The van der Waals surface area contributed by atoms with E-state index in [9.17, 15) is 0 Å². The van der Waals surface area contributed by atoms with Gasteiger partial charge in [-0.3, -0.25) is 4.90 Å². The van der Waals surface area contributed by atoms with Crippen molar-refractivity contribution in [3.05, 3.63) is 24.0 Å². The number of rotatable bonds is 2. The highest BCUT2D eigenvalue weighted by atomic mass is 15.2. The van der Waals surface area contributed by atoms with Crippen molar-refractivity contribution in [1.82, 2.24) is 15.1 Å². The van der Waals surface area contributed by atoms with E-state index in [0.717, 1.165) is 0 Å². The highest BCUT2D eigenvalue weighted by Gasteiger charge is 2.29. The Balaban J connectivity index is 1.94. The molecule has 1 saturated heterocycles. The number of nitrogens with zero attached hydrogens (tertiary/aromatic N) is 3. The maximum absolute atomic E-state index is 3.89. The first-order valence-corrected chi connectivity index (χ1v) is 4.78. The molecule has 70 valence electrons. The Morgan fingerprint density at radius 1 is 1.38 bits per heavy atom. The zero-order chi connectivity index (χ0) is 9.26. The van der Waals surface area contributed by atoms with Crippen molar-refractivity contribution in [3.8, 4) is 0 Å². The Hall–Kier alpha value is -0.960. The molecule has 1 aliphatic rings. The van der Waals surface area contributed by atoms with Crippen LogP contribution in [0.25, 0.3) is 0 Å². The summed E-state index contributed by atoms with van der Waals surface area (Å²) in [6.07, 6.45) is 3.65. The van der Waals surface area contributed by atoms with E-state index in [-0.39, 0.29) is 0 Å². The largest absolute Gasteiger partial charge is 0.300 e. The van der Waals surface area contributed by atoms with Gasteiger partial charge in [0.2, 0.25) is 0 Å². The van der Waals surface area contributed by atoms with Gasteiger partial charge >= 0.3 is 0 Å². The fraction of sp³-hybridized carbons (Fsp3) is 0.600. The van der Waals surface area contributed by atoms with Crippen molar-refractivity contribution < 1.29 is 0 Å². The van der Waals surface area contributed by atoms with Crippen molar-refractivity contribution in [3.63, 3.8) is 0 Å². The van der Waals surface area contributed by atoms with E-state index in [1.165, 1.54) is 18.7 Å². The second-order valence-corrected chi connectivity index (χ2v) is 3.92. The molecule has 1 fully saturated rings. The van der Waals surface area contributed by atoms with Crippen LogP contribution < -0.4 is 0 Å². The third-order valence-electron chi connectivity index (χ3n) is 2.72. The predicted octanol–water partition coefficient (Wildman–Crippen LogP) is 1.28. The Labute approximate surface area is 78.8 Å². The molecule has 13 heavy (non-hydrogen) atoms. The molecule has 0 N–H and O–H groups in total. The maximum Gasteiger partial charge on any atom is 0.0532 e. The summed E-state index contributed by atoms with van der Waals surface area (Å²) in [7, 11) is 0. The van der Waals surface area contributed by atoms with E-state index < -0.39 is 0 Å². The van der Waals surface area contributed by atoms with E-state index >= 15 is 0 Å². The number of aromatic nitrogens is 2. The minimum Gasteiger partial charge on any atom is -0.300 e. The van der Waals surface area contributed by atoms with E-state index in [4.69, 9.17) is 0 Å². The van der Waals surface area contributed by atoms with Crippen LogP contribution in [-0.2, 0) is 0 Å². The Bertz CT molecular complexity index is 265. The van der Waals surface area contributed by atoms with Crippen molar-refractivity contribution in [1.29, 1.82) is 0 Å². The molecule has 0 amide bonds. The highest BCUT2D eigenvalue weighted by molar-refractivity contribution is 5.17. The summed E-state index contributed by atoms with van der Waals surface area (Å²) in [6, 6.07) is 2.74. The smallest absolute Gasteiger partial charge is 0.0532 e. The number of hydrogen-bond acceptors (Lipinski definition) is 3. The summed E-state index contributed by atoms with van der Waals surface area (Å²) >= 11 is 0. The van der Waals surface area contributed by atoms with E-state index in [1.807, 2.05) is 6.20 Å². The fourth-order valence-corrected chi connectivity index (χ4v) is 1.69. The van der Waals surface area contributed by atoms with Gasteiger partial charge in [-0.25, -0.2) is 0 Å². The molecule has 1 aliphatic heterocycles. The number of hydrogen-bond donors (Lipinski definition) is 0. The van der Waals surface area contributed by atoms with Gasteiger partial charge in [0.05, 0.1) is 6.20 Å². The van der Waals surface area contributed by atoms with Crippen molar-refractivity contribution >= 4 is 0 Å². The third kappa shape index (κ3) is 1.70. The van der Waals surface area contributed by atoms with Gasteiger partial charge in [-0.05, 0) is 25.5 Å². The first kappa shape index (κ1) is 8.63. The summed E-state index contributed by atoms with van der Waals surface area (Å²) in [6.45, 7) is 6.81. The van der Waals surface area contributed by atoms with Crippen LogP contribution in [0.3, 0.4) is 0 Å².